The fraction of sp³-hybridized carbons (Fsp3) is 0.877. The lowest BCUT2D eigenvalue weighted by Crippen LogP contribution is -2.30. The number of rotatable bonds is 66. The van der Waals surface area contributed by atoms with E-state index in [0.717, 1.165) is 70.6 Å². The van der Waals surface area contributed by atoms with Gasteiger partial charge in [0.1, 0.15) is 13.2 Å². The summed E-state index contributed by atoms with van der Waals surface area (Å²) in [5, 5.41) is 0. The Morgan fingerprint density at radius 3 is 0.709 bits per heavy atom. The molecule has 1 atom stereocenters. The van der Waals surface area contributed by atoms with Gasteiger partial charge in [-0.25, -0.2) is 0 Å². The Kier molecular flexibility index (Phi) is 66.1. The van der Waals surface area contributed by atoms with E-state index < -0.39 is 6.10 Å². The van der Waals surface area contributed by atoms with Crippen LogP contribution in [0.25, 0.3) is 0 Å². The maximum atomic E-state index is 12.9. The van der Waals surface area contributed by atoms with Crippen LogP contribution in [-0.4, -0.2) is 37.2 Å². The molecule has 0 saturated heterocycles. The maximum Gasteiger partial charge on any atom is 0.306 e. The molecule has 0 aliphatic carbocycles. The van der Waals surface area contributed by atoms with Crippen LogP contribution in [0.1, 0.15) is 393 Å². The molecular weight excluding hydrogens is 973 g/mol. The fourth-order valence-corrected chi connectivity index (χ4v) is 10.8. The van der Waals surface area contributed by atoms with Crippen molar-refractivity contribution in [2.45, 2.75) is 399 Å². The summed E-state index contributed by atoms with van der Waals surface area (Å²) in [6.45, 7) is 6.66. The topological polar surface area (TPSA) is 78.9 Å². The van der Waals surface area contributed by atoms with E-state index in [4.69, 9.17) is 14.2 Å². The molecule has 0 N–H and O–H groups in total. The average Bonchev–Trinajstić information content (AvgIpc) is 3.45. The van der Waals surface area contributed by atoms with Gasteiger partial charge in [0.15, 0.2) is 6.10 Å². The predicted octanol–water partition coefficient (Wildman–Crippen LogP) is 24.3. The third-order valence-electron chi connectivity index (χ3n) is 16.1. The van der Waals surface area contributed by atoms with E-state index in [1.165, 1.54) is 283 Å². The molecule has 0 aromatic heterocycles. The van der Waals surface area contributed by atoms with Crippen molar-refractivity contribution in [2.75, 3.05) is 13.2 Å². The highest BCUT2D eigenvalue weighted by molar-refractivity contribution is 5.71. The van der Waals surface area contributed by atoms with E-state index in [2.05, 4.69) is 57.2 Å². The molecule has 0 saturated carbocycles. The maximum absolute atomic E-state index is 12.9. The lowest BCUT2D eigenvalue weighted by molar-refractivity contribution is -0.167. The minimum absolute atomic E-state index is 0.0668. The van der Waals surface area contributed by atoms with Gasteiger partial charge >= 0.3 is 17.9 Å². The molecule has 0 amide bonds. The highest BCUT2D eigenvalue weighted by atomic mass is 16.6. The molecule has 464 valence electrons. The van der Waals surface area contributed by atoms with E-state index in [1.807, 2.05) is 0 Å². The second kappa shape index (κ2) is 68.1. The number of allylic oxidation sites excluding steroid dienone is 6. The standard InChI is InChI=1S/C73H136O6/c1-4-7-10-13-16-18-20-22-24-26-28-30-32-34-35-36-37-39-40-42-44-46-48-50-52-54-57-60-63-66-72(75)78-69-70(68-77-71(74)65-62-59-56-15-12-9-6-3)79-73(76)67-64-61-58-55-53-51-49-47-45-43-41-38-33-31-29-27-25-23-21-19-17-14-11-8-5-2/h20,22,26,28,32,34,70H,4-19,21,23-25,27,29-31,33,35-69H2,1-3H3/b22-20-,28-26-,34-32-. The molecule has 0 heterocycles. The summed E-state index contributed by atoms with van der Waals surface area (Å²) >= 11 is 0. The first kappa shape index (κ1) is 76.6. The smallest absolute Gasteiger partial charge is 0.306 e. The van der Waals surface area contributed by atoms with Gasteiger partial charge in [-0.1, -0.05) is 353 Å². The van der Waals surface area contributed by atoms with Crippen molar-refractivity contribution in [1.29, 1.82) is 0 Å². The Labute approximate surface area is 493 Å². The van der Waals surface area contributed by atoms with E-state index in [-0.39, 0.29) is 31.1 Å². The summed E-state index contributed by atoms with van der Waals surface area (Å²) < 4.78 is 16.9. The molecule has 79 heavy (non-hydrogen) atoms. The van der Waals surface area contributed by atoms with Crippen LogP contribution in [0, 0.1) is 0 Å². The van der Waals surface area contributed by atoms with Crippen molar-refractivity contribution in [1.82, 2.24) is 0 Å². The first-order chi connectivity index (χ1) is 39.0. The number of esters is 3. The van der Waals surface area contributed by atoms with Gasteiger partial charge in [0.2, 0.25) is 0 Å². The summed E-state index contributed by atoms with van der Waals surface area (Å²) in [5.41, 5.74) is 0. The Hall–Kier alpha value is -2.37. The monoisotopic (exact) mass is 1110 g/mol. The van der Waals surface area contributed by atoms with Crippen molar-refractivity contribution < 1.29 is 28.6 Å². The number of carbonyl (C=O) groups excluding carboxylic acids is 3. The lowest BCUT2D eigenvalue weighted by Gasteiger charge is -2.18. The predicted molar refractivity (Wildman–Crippen MR) is 344 cm³/mol. The number of hydrogen-bond donors (Lipinski definition) is 0. The summed E-state index contributed by atoms with van der Waals surface area (Å²) in [7, 11) is 0. The third-order valence-corrected chi connectivity index (χ3v) is 16.1. The Morgan fingerprint density at radius 1 is 0.253 bits per heavy atom. The van der Waals surface area contributed by atoms with E-state index >= 15 is 0 Å². The van der Waals surface area contributed by atoms with Crippen LogP contribution >= 0.6 is 0 Å². The normalized spacial score (nSPS) is 12.2. The van der Waals surface area contributed by atoms with Crippen LogP contribution in [-0.2, 0) is 28.6 Å². The largest absolute Gasteiger partial charge is 0.462 e. The van der Waals surface area contributed by atoms with Crippen molar-refractivity contribution in [3.8, 4) is 0 Å². The molecule has 0 aromatic carbocycles. The van der Waals surface area contributed by atoms with E-state index in [0.29, 0.717) is 19.3 Å². The molecule has 0 fully saturated rings. The van der Waals surface area contributed by atoms with Crippen molar-refractivity contribution in [3.05, 3.63) is 36.5 Å². The van der Waals surface area contributed by atoms with Gasteiger partial charge in [-0.2, -0.15) is 0 Å². The number of ether oxygens (including phenoxy) is 3. The zero-order valence-electron chi connectivity index (χ0n) is 53.4. The molecule has 6 nitrogen and oxygen atoms in total. The molecule has 0 aromatic rings. The molecule has 0 rings (SSSR count). The fourth-order valence-electron chi connectivity index (χ4n) is 10.8. The highest BCUT2D eigenvalue weighted by Gasteiger charge is 2.19. The number of unbranched alkanes of at least 4 members (excludes halogenated alkanes) is 49. The summed E-state index contributed by atoms with van der Waals surface area (Å²) in [4.78, 5) is 38.2. The highest BCUT2D eigenvalue weighted by Crippen LogP contribution is 2.19. The van der Waals surface area contributed by atoms with Gasteiger partial charge in [0, 0.05) is 19.3 Å². The van der Waals surface area contributed by atoms with Gasteiger partial charge in [0.25, 0.3) is 0 Å². The van der Waals surface area contributed by atoms with Crippen molar-refractivity contribution in [3.63, 3.8) is 0 Å². The van der Waals surface area contributed by atoms with Crippen LogP contribution in [0.4, 0.5) is 0 Å². The van der Waals surface area contributed by atoms with Gasteiger partial charge in [-0.3, -0.25) is 14.4 Å². The van der Waals surface area contributed by atoms with Gasteiger partial charge in [0.05, 0.1) is 0 Å². The Morgan fingerprint density at radius 2 is 0.456 bits per heavy atom. The van der Waals surface area contributed by atoms with Gasteiger partial charge in [-0.05, 0) is 57.8 Å². The van der Waals surface area contributed by atoms with Crippen LogP contribution in [0.3, 0.4) is 0 Å². The SMILES string of the molecule is CCCCCCC/C=C\C/C=C\C/C=C\CCCCCCCCCCCCCCCCC(=O)OCC(COC(=O)CCCCCCCCC)OC(=O)CCCCCCCCCCCCCCCCCCCCCCCCCCC. The third kappa shape index (κ3) is 66.3. The van der Waals surface area contributed by atoms with Crippen LogP contribution in [0.2, 0.25) is 0 Å². The lowest BCUT2D eigenvalue weighted by atomic mass is 10.0. The molecule has 0 aliphatic rings. The number of carbonyl (C=O) groups is 3. The van der Waals surface area contributed by atoms with Crippen LogP contribution in [0.5, 0.6) is 0 Å². The Bertz CT molecular complexity index is 1320. The van der Waals surface area contributed by atoms with Crippen LogP contribution in [0.15, 0.2) is 36.5 Å². The zero-order valence-corrected chi connectivity index (χ0v) is 53.4. The minimum Gasteiger partial charge on any atom is -0.462 e. The number of hydrogen-bond acceptors (Lipinski definition) is 6. The molecular formula is C73H136O6. The van der Waals surface area contributed by atoms with Gasteiger partial charge in [-0.15, -0.1) is 0 Å². The first-order valence-corrected chi connectivity index (χ1v) is 35.5. The summed E-state index contributed by atoms with van der Waals surface area (Å²) in [6, 6.07) is 0. The molecule has 0 radical (unpaired) electrons. The molecule has 0 bridgehead atoms. The van der Waals surface area contributed by atoms with Crippen molar-refractivity contribution >= 4 is 17.9 Å². The first-order valence-electron chi connectivity index (χ1n) is 35.5. The van der Waals surface area contributed by atoms with Crippen molar-refractivity contribution in [2.24, 2.45) is 0 Å². The minimum atomic E-state index is -0.767. The second-order valence-corrected chi connectivity index (χ2v) is 24.2. The van der Waals surface area contributed by atoms with Crippen LogP contribution < -0.4 is 0 Å². The molecule has 0 spiro atoms. The second-order valence-electron chi connectivity index (χ2n) is 24.2. The quantitative estimate of drug-likeness (QED) is 0.0261. The summed E-state index contributed by atoms with van der Waals surface area (Å²) in [6.07, 6.45) is 84.9. The van der Waals surface area contributed by atoms with Gasteiger partial charge < -0.3 is 14.2 Å². The molecule has 6 heteroatoms. The van der Waals surface area contributed by atoms with E-state index in [9.17, 15) is 14.4 Å². The Balaban J connectivity index is 4.02. The van der Waals surface area contributed by atoms with E-state index in [1.54, 1.807) is 0 Å². The zero-order chi connectivity index (χ0) is 57.1. The summed E-state index contributed by atoms with van der Waals surface area (Å²) in [5.74, 6) is -0.847. The molecule has 0 aliphatic heterocycles. The average molecular weight is 1110 g/mol. The molecule has 1 unspecified atom stereocenters.